The summed E-state index contributed by atoms with van der Waals surface area (Å²) in [6.45, 7) is 2.55. The smallest absolute Gasteiger partial charge is 0.371 e. The lowest BCUT2D eigenvalue weighted by molar-refractivity contribution is -0.176. The van der Waals surface area contributed by atoms with Crippen LogP contribution in [0.1, 0.15) is 31.4 Å². The number of para-hydroxylation sites is 1. The number of hydrogen-bond donors (Lipinski definition) is 1. The van der Waals surface area contributed by atoms with Gasteiger partial charge in [-0.25, -0.2) is 0 Å². The normalized spacial score (nSPS) is 22.4. The molecule has 2 atom stereocenters. The molecule has 0 aliphatic carbocycles. The Morgan fingerprint density at radius 1 is 1.32 bits per heavy atom. The summed E-state index contributed by atoms with van der Waals surface area (Å²) in [6.07, 6.45) is -3.32. The molecule has 1 fully saturated rings. The quantitative estimate of drug-likeness (QED) is 0.893. The van der Waals surface area contributed by atoms with E-state index in [0.717, 1.165) is 11.3 Å². The maximum absolute atomic E-state index is 12.8. The van der Waals surface area contributed by atoms with Crippen molar-refractivity contribution in [3.8, 4) is 0 Å². The molecule has 1 aromatic rings. The molecular formula is C14H19F3N2. The molecule has 0 amide bonds. The molecule has 2 nitrogen and oxygen atoms in total. The monoisotopic (exact) mass is 272 g/mol. The first kappa shape index (κ1) is 14.2. The molecule has 0 spiro atoms. The van der Waals surface area contributed by atoms with Crippen LogP contribution in [0.2, 0.25) is 0 Å². The Kier molecular flexibility index (Phi) is 4.04. The lowest BCUT2D eigenvalue weighted by Crippen LogP contribution is -2.42. The van der Waals surface area contributed by atoms with E-state index in [4.69, 9.17) is 5.73 Å². The van der Waals surface area contributed by atoms with Gasteiger partial charge in [0.1, 0.15) is 0 Å². The Balaban J connectivity index is 2.22. The van der Waals surface area contributed by atoms with Crippen molar-refractivity contribution in [2.75, 3.05) is 18.0 Å². The van der Waals surface area contributed by atoms with Crippen LogP contribution >= 0.6 is 0 Å². The number of benzene rings is 1. The Labute approximate surface area is 111 Å². The van der Waals surface area contributed by atoms with Gasteiger partial charge in [-0.3, -0.25) is 0 Å². The summed E-state index contributed by atoms with van der Waals surface area (Å²) in [5, 5.41) is 0. The van der Waals surface area contributed by atoms with Gasteiger partial charge in [0, 0.05) is 24.8 Å². The third-order valence-corrected chi connectivity index (χ3v) is 3.65. The third-order valence-electron chi connectivity index (χ3n) is 3.65. The van der Waals surface area contributed by atoms with E-state index in [9.17, 15) is 13.2 Å². The zero-order valence-corrected chi connectivity index (χ0v) is 11.0. The molecule has 0 aromatic heterocycles. The molecule has 2 N–H and O–H groups in total. The predicted molar refractivity (Wildman–Crippen MR) is 70.0 cm³/mol. The van der Waals surface area contributed by atoms with Crippen molar-refractivity contribution in [3.63, 3.8) is 0 Å². The number of halogens is 3. The largest absolute Gasteiger partial charge is 0.393 e. The van der Waals surface area contributed by atoms with Crippen LogP contribution in [-0.2, 0) is 0 Å². The average Bonchev–Trinajstić information content (AvgIpc) is 2.38. The van der Waals surface area contributed by atoms with Gasteiger partial charge in [-0.15, -0.1) is 0 Å². The minimum absolute atomic E-state index is 0.0350. The summed E-state index contributed by atoms with van der Waals surface area (Å²) < 4.78 is 38.5. The second-order valence-electron chi connectivity index (χ2n) is 5.17. The van der Waals surface area contributed by atoms with Crippen LogP contribution in [0.5, 0.6) is 0 Å². The topological polar surface area (TPSA) is 29.3 Å². The van der Waals surface area contributed by atoms with Crippen molar-refractivity contribution >= 4 is 5.69 Å². The van der Waals surface area contributed by atoms with Gasteiger partial charge < -0.3 is 10.6 Å². The van der Waals surface area contributed by atoms with Crippen molar-refractivity contribution in [2.24, 2.45) is 11.7 Å². The average molecular weight is 272 g/mol. The van der Waals surface area contributed by atoms with Gasteiger partial charge in [0.15, 0.2) is 0 Å². The molecule has 2 rings (SSSR count). The number of rotatable bonds is 2. The number of hydrogen-bond acceptors (Lipinski definition) is 2. The highest BCUT2D eigenvalue weighted by Gasteiger charge is 2.42. The van der Waals surface area contributed by atoms with Crippen molar-refractivity contribution in [1.82, 2.24) is 0 Å². The van der Waals surface area contributed by atoms with Crippen LogP contribution in [0.15, 0.2) is 24.3 Å². The van der Waals surface area contributed by atoms with E-state index in [1.807, 2.05) is 36.1 Å². The number of alkyl halides is 3. The summed E-state index contributed by atoms with van der Waals surface area (Å²) in [5.41, 5.74) is 7.64. The highest BCUT2D eigenvalue weighted by Crippen LogP contribution is 2.36. The van der Waals surface area contributed by atoms with E-state index >= 15 is 0 Å². The summed E-state index contributed by atoms with van der Waals surface area (Å²) >= 11 is 0. The fourth-order valence-electron chi connectivity index (χ4n) is 2.62. The lowest BCUT2D eigenvalue weighted by Gasteiger charge is -2.36. The van der Waals surface area contributed by atoms with Crippen LogP contribution in [0.4, 0.5) is 18.9 Å². The lowest BCUT2D eigenvalue weighted by atomic mass is 9.95. The number of anilines is 1. The molecule has 1 saturated heterocycles. The highest BCUT2D eigenvalue weighted by molar-refractivity contribution is 5.55. The predicted octanol–water partition coefficient (Wildman–Crippen LogP) is 3.49. The Hall–Kier alpha value is -1.23. The molecule has 5 heteroatoms. The molecule has 19 heavy (non-hydrogen) atoms. The first-order valence-corrected chi connectivity index (χ1v) is 6.55. The second-order valence-corrected chi connectivity index (χ2v) is 5.17. The van der Waals surface area contributed by atoms with E-state index in [1.54, 1.807) is 0 Å². The SMILES string of the molecule is C[C@H](N)c1ccccc1N1CCCC(C(F)(F)F)C1. The van der Waals surface area contributed by atoms with Gasteiger partial charge in [-0.1, -0.05) is 18.2 Å². The van der Waals surface area contributed by atoms with Crippen LogP contribution in [0.25, 0.3) is 0 Å². The van der Waals surface area contributed by atoms with Crippen molar-refractivity contribution in [2.45, 2.75) is 32.0 Å². The fraction of sp³-hybridized carbons (Fsp3) is 0.571. The van der Waals surface area contributed by atoms with Crippen molar-refractivity contribution < 1.29 is 13.2 Å². The number of nitrogens with two attached hydrogens (primary N) is 1. The molecule has 1 aromatic carbocycles. The minimum atomic E-state index is -4.11. The van der Waals surface area contributed by atoms with Crippen LogP contribution in [0, 0.1) is 5.92 Å². The molecule has 1 aliphatic rings. The summed E-state index contributed by atoms with van der Waals surface area (Å²) in [7, 11) is 0. The summed E-state index contributed by atoms with van der Waals surface area (Å²) in [5.74, 6) is -1.23. The molecule has 106 valence electrons. The van der Waals surface area contributed by atoms with E-state index in [1.165, 1.54) is 0 Å². The zero-order valence-electron chi connectivity index (χ0n) is 11.0. The Morgan fingerprint density at radius 3 is 2.63 bits per heavy atom. The van der Waals surface area contributed by atoms with Crippen LogP contribution in [0.3, 0.4) is 0 Å². The highest BCUT2D eigenvalue weighted by atomic mass is 19.4. The van der Waals surface area contributed by atoms with Crippen molar-refractivity contribution in [3.05, 3.63) is 29.8 Å². The van der Waals surface area contributed by atoms with E-state index in [-0.39, 0.29) is 19.0 Å². The first-order chi connectivity index (χ1) is 8.89. The maximum atomic E-state index is 12.8. The zero-order chi connectivity index (χ0) is 14.0. The number of piperidine rings is 1. The van der Waals surface area contributed by atoms with Gasteiger partial charge in [0.2, 0.25) is 0 Å². The Bertz CT molecular complexity index is 429. The number of nitrogens with zero attached hydrogens (tertiary/aromatic N) is 1. The van der Waals surface area contributed by atoms with E-state index in [2.05, 4.69) is 0 Å². The molecule has 1 aliphatic heterocycles. The van der Waals surface area contributed by atoms with Gasteiger partial charge in [0.25, 0.3) is 0 Å². The van der Waals surface area contributed by atoms with Gasteiger partial charge >= 0.3 is 6.18 Å². The van der Waals surface area contributed by atoms with Gasteiger partial charge in [-0.2, -0.15) is 13.2 Å². The summed E-state index contributed by atoms with van der Waals surface area (Å²) in [4.78, 5) is 1.82. The van der Waals surface area contributed by atoms with Gasteiger partial charge in [0.05, 0.1) is 5.92 Å². The molecule has 0 radical (unpaired) electrons. The molecule has 0 saturated carbocycles. The summed E-state index contributed by atoms with van der Waals surface area (Å²) in [6, 6.07) is 7.28. The van der Waals surface area contributed by atoms with Crippen molar-refractivity contribution in [1.29, 1.82) is 0 Å². The minimum Gasteiger partial charge on any atom is -0.371 e. The fourth-order valence-corrected chi connectivity index (χ4v) is 2.62. The second kappa shape index (κ2) is 5.41. The van der Waals surface area contributed by atoms with Gasteiger partial charge in [-0.05, 0) is 31.4 Å². The third kappa shape index (κ3) is 3.21. The van der Waals surface area contributed by atoms with E-state index < -0.39 is 12.1 Å². The Morgan fingerprint density at radius 2 is 2.00 bits per heavy atom. The maximum Gasteiger partial charge on any atom is 0.393 e. The van der Waals surface area contributed by atoms with E-state index in [0.29, 0.717) is 13.0 Å². The molecule has 1 unspecified atom stereocenters. The molecular weight excluding hydrogens is 253 g/mol. The van der Waals surface area contributed by atoms with Crippen LogP contribution < -0.4 is 10.6 Å². The molecule has 0 bridgehead atoms. The first-order valence-electron chi connectivity index (χ1n) is 6.55. The standard InChI is InChI=1S/C14H19F3N2/c1-10(18)12-6-2-3-7-13(12)19-8-4-5-11(9-19)14(15,16)17/h2-3,6-7,10-11H,4-5,8-9,18H2,1H3/t10-,11?/m0/s1. The molecule has 1 heterocycles. The van der Waals surface area contributed by atoms with Crippen LogP contribution in [-0.4, -0.2) is 19.3 Å².